The van der Waals surface area contributed by atoms with Gasteiger partial charge in [0.25, 0.3) is 11.8 Å². The van der Waals surface area contributed by atoms with Gasteiger partial charge < -0.3 is 20.2 Å². The molecule has 0 saturated carbocycles. The van der Waals surface area contributed by atoms with Gasteiger partial charge in [-0.1, -0.05) is 18.2 Å². The Balaban J connectivity index is 1.38. The zero-order valence-corrected chi connectivity index (χ0v) is 20.9. The zero-order chi connectivity index (χ0) is 26.7. The Labute approximate surface area is 217 Å². The number of anilines is 1. The fourth-order valence-electron chi connectivity index (χ4n) is 4.03. The fraction of sp³-hybridized carbons (Fsp3) is 0.280. The zero-order valence-electron chi connectivity index (χ0n) is 20.1. The molecule has 198 valence electrons. The van der Waals surface area contributed by atoms with E-state index in [1.54, 1.807) is 18.2 Å². The van der Waals surface area contributed by atoms with Gasteiger partial charge in [-0.3, -0.25) is 0 Å². The van der Waals surface area contributed by atoms with Gasteiger partial charge in [-0.15, -0.1) is 10.2 Å². The minimum absolute atomic E-state index is 0.0270. The van der Waals surface area contributed by atoms with Crippen LogP contribution in [0.15, 0.2) is 58.0 Å². The highest BCUT2D eigenvalue weighted by atomic mass is 32.2. The number of sulfone groups is 1. The van der Waals surface area contributed by atoms with Crippen LogP contribution in [0.5, 0.6) is 0 Å². The van der Waals surface area contributed by atoms with Crippen molar-refractivity contribution in [3.05, 3.63) is 60.0 Å². The molecule has 2 aromatic carbocycles. The Morgan fingerprint density at radius 2 is 1.89 bits per heavy atom. The Kier molecular flexibility index (Phi) is 7.40. The van der Waals surface area contributed by atoms with Crippen molar-refractivity contribution in [2.24, 2.45) is 0 Å². The normalized spacial score (nSPS) is 15.7. The van der Waals surface area contributed by atoms with E-state index in [2.05, 4.69) is 25.5 Å². The van der Waals surface area contributed by atoms with Crippen LogP contribution in [-0.2, 0) is 21.1 Å². The lowest BCUT2D eigenvalue weighted by molar-refractivity contribution is 0.198. The number of benzene rings is 2. The number of hydrogen-bond donors (Lipinski definition) is 2. The number of hydrogen-bond acceptors (Lipinski definition) is 10. The monoisotopic (exact) mass is 542 g/mol. The molecule has 10 nitrogen and oxygen atoms in total. The van der Waals surface area contributed by atoms with Crippen LogP contribution in [-0.4, -0.2) is 60.3 Å². The first-order chi connectivity index (χ1) is 18.4. The lowest BCUT2D eigenvalue weighted by Gasteiger charge is -2.10. The molecule has 0 radical (unpaired) electrons. The van der Waals surface area contributed by atoms with Crippen molar-refractivity contribution in [2.75, 3.05) is 32.2 Å². The maximum absolute atomic E-state index is 14.7. The first-order valence-corrected chi connectivity index (χ1v) is 13.4. The van der Waals surface area contributed by atoms with E-state index in [9.17, 15) is 17.2 Å². The molecule has 0 amide bonds. The Morgan fingerprint density at radius 1 is 1.11 bits per heavy atom. The van der Waals surface area contributed by atoms with Crippen LogP contribution in [0, 0.1) is 5.82 Å². The van der Waals surface area contributed by atoms with Gasteiger partial charge in [0.15, 0.2) is 21.3 Å². The molecule has 1 atom stereocenters. The van der Waals surface area contributed by atoms with E-state index in [1.807, 2.05) is 0 Å². The third-order valence-corrected chi connectivity index (χ3v) is 8.28. The molecule has 1 aliphatic rings. The standard InChI is InChI=1S/C25H24F2N6O4S/c26-8-9-29-12-15-1-6-19(20(27)11-15)24-32-33-25(37-24)22-23(28)30-13-21(31-22)16-2-4-17(5-3-16)38(34,35)18-7-10-36-14-18/h1-6,11,13,18,29H,7-10,12,14H2,(H2,28,30). The van der Waals surface area contributed by atoms with Crippen molar-refractivity contribution < 1.29 is 26.4 Å². The van der Waals surface area contributed by atoms with E-state index < -0.39 is 27.6 Å². The molecular formula is C25H24F2N6O4S. The van der Waals surface area contributed by atoms with E-state index >= 15 is 0 Å². The average Bonchev–Trinajstić information content (AvgIpc) is 3.63. The van der Waals surface area contributed by atoms with Crippen molar-refractivity contribution in [3.63, 3.8) is 0 Å². The van der Waals surface area contributed by atoms with Crippen LogP contribution in [0.4, 0.5) is 14.6 Å². The number of aromatic nitrogens is 4. The van der Waals surface area contributed by atoms with Crippen molar-refractivity contribution in [3.8, 4) is 34.3 Å². The molecule has 0 aliphatic carbocycles. The van der Waals surface area contributed by atoms with E-state index in [4.69, 9.17) is 14.9 Å². The first-order valence-electron chi connectivity index (χ1n) is 11.8. The molecule has 0 bridgehead atoms. The molecule has 13 heteroatoms. The lowest BCUT2D eigenvalue weighted by atomic mass is 10.1. The first kappa shape index (κ1) is 25.8. The molecule has 5 rings (SSSR count). The van der Waals surface area contributed by atoms with Crippen LogP contribution >= 0.6 is 0 Å². The summed E-state index contributed by atoms with van der Waals surface area (Å²) in [4.78, 5) is 8.84. The molecular weight excluding hydrogens is 518 g/mol. The summed E-state index contributed by atoms with van der Waals surface area (Å²) < 4.78 is 63.4. The Morgan fingerprint density at radius 3 is 2.61 bits per heavy atom. The molecule has 1 unspecified atom stereocenters. The largest absolute Gasteiger partial charge is 0.414 e. The fourth-order valence-corrected chi connectivity index (χ4v) is 5.61. The van der Waals surface area contributed by atoms with Gasteiger partial charge in [-0.2, -0.15) is 0 Å². The van der Waals surface area contributed by atoms with Gasteiger partial charge in [0, 0.05) is 25.3 Å². The molecule has 1 aliphatic heterocycles. The van der Waals surface area contributed by atoms with E-state index in [-0.39, 0.29) is 46.9 Å². The summed E-state index contributed by atoms with van der Waals surface area (Å²) in [7, 11) is -3.50. The number of nitrogens with one attached hydrogen (secondary N) is 1. The maximum atomic E-state index is 14.7. The van der Waals surface area contributed by atoms with Crippen LogP contribution in [0.2, 0.25) is 0 Å². The van der Waals surface area contributed by atoms with E-state index in [0.29, 0.717) is 36.4 Å². The molecule has 2 aromatic heterocycles. The van der Waals surface area contributed by atoms with Crippen LogP contribution in [0.1, 0.15) is 12.0 Å². The SMILES string of the molecule is Nc1ncc(-c2ccc(S(=O)(=O)C3CCOC3)cc2)nc1-c1nnc(-c2ccc(CNCCF)cc2F)o1. The van der Waals surface area contributed by atoms with E-state index in [0.717, 1.165) is 0 Å². The number of alkyl halides is 1. The second-order valence-electron chi connectivity index (χ2n) is 8.64. The molecule has 0 spiro atoms. The summed E-state index contributed by atoms with van der Waals surface area (Å²) in [5.74, 6) is -0.677. The number of nitrogens with two attached hydrogens (primary N) is 1. The summed E-state index contributed by atoms with van der Waals surface area (Å²) in [6.07, 6.45) is 1.91. The third-order valence-electron chi connectivity index (χ3n) is 6.10. The van der Waals surface area contributed by atoms with Gasteiger partial charge in [0.1, 0.15) is 12.5 Å². The third kappa shape index (κ3) is 5.26. The van der Waals surface area contributed by atoms with Crippen molar-refractivity contribution in [1.82, 2.24) is 25.5 Å². The number of rotatable bonds is 9. The van der Waals surface area contributed by atoms with Crippen LogP contribution in [0.3, 0.4) is 0 Å². The molecule has 38 heavy (non-hydrogen) atoms. The number of nitrogen functional groups attached to an aromatic ring is 1. The summed E-state index contributed by atoms with van der Waals surface area (Å²) >= 11 is 0. The molecule has 4 aromatic rings. The van der Waals surface area contributed by atoms with Gasteiger partial charge in [-0.05, 0) is 36.2 Å². The molecule has 1 saturated heterocycles. The predicted molar refractivity (Wildman–Crippen MR) is 135 cm³/mol. The summed E-state index contributed by atoms with van der Waals surface area (Å²) in [6, 6.07) is 10.8. The maximum Gasteiger partial charge on any atom is 0.270 e. The topological polar surface area (TPSA) is 146 Å². The summed E-state index contributed by atoms with van der Waals surface area (Å²) in [5.41, 5.74) is 7.84. The average molecular weight is 543 g/mol. The number of nitrogens with zero attached hydrogens (tertiary/aromatic N) is 4. The summed E-state index contributed by atoms with van der Waals surface area (Å²) in [6.45, 7) is 0.602. The van der Waals surface area contributed by atoms with Crippen LogP contribution in [0.25, 0.3) is 34.3 Å². The van der Waals surface area contributed by atoms with Gasteiger partial charge >= 0.3 is 0 Å². The predicted octanol–water partition coefficient (Wildman–Crippen LogP) is 3.20. The van der Waals surface area contributed by atoms with Crippen molar-refractivity contribution in [1.29, 1.82) is 0 Å². The highest BCUT2D eigenvalue weighted by Crippen LogP contribution is 2.30. The number of halogens is 2. The highest BCUT2D eigenvalue weighted by Gasteiger charge is 2.31. The van der Waals surface area contributed by atoms with Gasteiger partial charge in [0.05, 0.1) is 34.2 Å². The summed E-state index contributed by atoms with van der Waals surface area (Å²) in [5, 5.41) is 10.2. The van der Waals surface area contributed by atoms with Crippen LogP contribution < -0.4 is 11.1 Å². The van der Waals surface area contributed by atoms with Gasteiger partial charge in [-0.25, -0.2) is 27.2 Å². The van der Waals surface area contributed by atoms with Gasteiger partial charge in [0.2, 0.25) is 0 Å². The minimum Gasteiger partial charge on any atom is -0.414 e. The second-order valence-corrected chi connectivity index (χ2v) is 10.9. The second kappa shape index (κ2) is 10.9. The van der Waals surface area contributed by atoms with Crippen molar-refractivity contribution >= 4 is 15.7 Å². The number of ether oxygens (including phenoxy) is 1. The highest BCUT2D eigenvalue weighted by molar-refractivity contribution is 7.92. The smallest absolute Gasteiger partial charge is 0.270 e. The molecule has 3 heterocycles. The van der Waals surface area contributed by atoms with E-state index in [1.165, 1.54) is 30.5 Å². The molecule has 1 fully saturated rings. The molecule has 3 N–H and O–H groups in total. The minimum atomic E-state index is -3.50. The quantitative estimate of drug-likeness (QED) is 0.302. The Hall–Kier alpha value is -3.81. The Bertz CT molecular complexity index is 1540. The van der Waals surface area contributed by atoms with Crippen molar-refractivity contribution in [2.45, 2.75) is 23.1 Å². The lowest BCUT2D eigenvalue weighted by Crippen LogP contribution is -2.21.